The van der Waals surface area contributed by atoms with E-state index in [9.17, 15) is 5.11 Å². The van der Waals surface area contributed by atoms with Gasteiger partial charge in [-0.25, -0.2) is 4.68 Å². The number of aliphatic hydroxyl groups excluding tert-OH is 1. The van der Waals surface area contributed by atoms with Gasteiger partial charge in [-0.05, 0) is 18.9 Å². The van der Waals surface area contributed by atoms with Gasteiger partial charge in [-0.3, -0.25) is 0 Å². The summed E-state index contributed by atoms with van der Waals surface area (Å²) in [5, 5.41) is 13.8. The first kappa shape index (κ1) is 11.8. The molecule has 0 bridgehead atoms. The van der Waals surface area contributed by atoms with E-state index in [1.165, 1.54) is 4.68 Å². The molecule has 8 heteroatoms. The molecule has 0 spiro atoms. The highest BCUT2D eigenvalue weighted by atomic mass is 16.3. The van der Waals surface area contributed by atoms with Crippen molar-refractivity contribution < 1.29 is 5.11 Å². The molecule has 0 aliphatic carbocycles. The van der Waals surface area contributed by atoms with Crippen LogP contribution in [0.2, 0.25) is 0 Å². The van der Waals surface area contributed by atoms with E-state index >= 15 is 0 Å². The Morgan fingerprint density at radius 2 is 2.11 bits per heavy atom. The van der Waals surface area contributed by atoms with Gasteiger partial charge in [0.25, 0.3) is 5.95 Å². The fraction of sp³-hybridized carbons (Fsp3) is 0.455. The highest BCUT2D eigenvalue weighted by Gasteiger charge is 2.21. The van der Waals surface area contributed by atoms with Crippen LogP contribution in [0.15, 0.2) is 18.5 Å². The number of β-amino-alcohol motifs (C(OH)–C–C–N with tert-alkyl or cyclic N) is 1. The summed E-state index contributed by atoms with van der Waals surface area (Å²) in [6, 6.07) is 1.78. The SMILES string of the molecule is Nc1nc(N2CCCC(O)C2)nc(-n2cccn2)n1. The second-order valence-corrected chi connectivity index (χ2v) is 4.49. The van der Waals surface area contributed by atoms with E-state index in [2.05, 4.69) is 20.1 Å². The van der Waals surface area contributed by atoms with E-state index in [-0.39, 0.29) is 12.1 Å². The molecule has 1 atom stereocenters. The smallest absolute Gasteiger partial charge is 0.257 e. The monoisotopic (exact) mass is 261 g/mol. The molecule has 0 aromatic carbocycles. The average molecular weight is 261 g/mol. The number of piperidine rings is 1. The first-order valence-electron chi connectivity index (χ1n) is 6.17. The maximum Gasteiger partial charge on any atom is 0.257 e. The summed E-state index contributed by atoms with van der Waals surface area (Å²) in [7, 11) is 0. The molecule has 2 aromatic rings. The lowest BCUT2D eigenvalue weighted by Crippen LogP contribution is -2.39. The standard InChI is InChI=1S/C11H15N7O/c12-9-14-10(17-5-1-3-8(19)7-17)16-11(15-9)18-6-2-4-13-18/h2,4,6,8,19H,1,3,5,7H2,(H2,12,14,15,16). The van der Waals surface area contributed by atoms with Gasteiger partial charge in [-0.15, -0.1) is 0 Å². The zero-order valence-electron chi connectivity index (χ0n) is 10.3. The van der Waals surface area contributed by atoms with Crippen LogP contribution >= 0.6 is 0 Å². The average Bonchev–Trinajstić information content (AvgIpc) is 2.92. The zero-order chi connectivity index (χ0) is 13.2. The van der Waals surface area contributed by atoms with Crippen molar-refractivity contribution in [1.29, 1.82) is 0 Å². The molecule has 3 N–H and O–H groups in total. The molecule has 19 heavy (non-hydrogen) atoms. The molecule has 0 radical (unpaired) electrons. The van der Waals surface area contributed by atoms with Gasteiger partial charge in [0, 0.05) is 25.5 Å². The molecular weight excluding hydrogens is 246 g/mol. The van der Waals surface area contributed by atoms with Crippen LogP contribution in [-0.2, 0) is 0 Å². The van der Waals surface area contributed by atoms with E-state index in [0.717, 1.165) is 19.4 Å². The minimum absolute atomic E-state index is 0.149. The van der Waals surface area contributed by atoms with Crippen LogP contribution in [0.4, 0.5) is 11.9 Å². The minimum Gasteiger partial charge on any atom is -0.391 e. The molecule has 100 valence electrons. The Morgan fingerprint density at radius 1 is 1.26 bits per heavy atom. The summed E-state index contributed by atoms with van der Waals surface area (Å²) in [5.74, 6) is 1.01. The van der Waals surface area contributed by atoms with Gasteiger partial charge in [0.15, 0.2) is 0 Å². The number of nitrogens with zero attached hydrogens (tertiary/aromatic N) is 6. The largest absolute Gasteiger partial charge is 0.391 e. The molecular formula is C11H15N7O. The molecule has 3 heterocycles. The Balaban J connectivity index is 1.93. The summed E-state index contributed by atoms with van der Waals surface area (Å²) >= 11 is 0. The van der Waals surface area contributed by atoms with Crippen molar-refractivity contribution in [2.75, 3.05) is 23.7 Å². The van der Waals surface area contributed by atoms with Crippen LogP contribution in [0, 0.1) is 0 Å². The van der Waals surface area contributed by atoms with E-state index in [1.54, 1.807) is 18.5 Å². The van der Waals surface area contributed by atoms with Gasteiger partial charge in [0.2, 0.25) is 11.9 Å². The van der Waals surface area contributed by atoms with E-state index in [4.69, 9.17) is 5.73 Å². The number of nitrogens with two attached hydrogens (primary N) is 1. The highest BCUT2D eigenvalue weighted by Crippen LogP contribution is 2.17. The number of aromatic nitrogens is 5. The predicted octanol–water partition coefficient (Wildman–Crippen LogP) is -0.399. The second-order valence-electron chi connectivity index (χ2n) is 4.49. The fourth-order valence-electron chi connectivity index (χ4n) is 2.14. The molecule has 1 aliphatic heterocycles. The Morgan fingerprint density at radius 3 is 2.84 bits per heavy atom. The summed E-state index contributed by atoms with van der Waals surface area (Å²) in [6.45, 7) is 1.32. The van der Waals surface area contributed by atoms with Crippen molar-refractivity contribution in [3.8, 4) is 5.95 Å². The summed E-state index contributed by atoms with van der Waals surface area (Å²) in [6.07, 6.45) is 4.75. The molecule has 1 saturated heterocycles. The van der Waals surface area contributed by atoms with Crippen molar-refractivity contribution in [2.45, 2.75) is 18.9 Å². The van der Waals surface area contributed by atoms with E-state index in [1.807, 2.05) is 4.90 Å². The lowest BCUT2D eigenvalue weighted by Gasteiger charge is -2.30. The summed E-state index contributed by atoms with van der Waals surface area (Å²) in [4.78, 5) is 14.5. The van der Waals surface area contributed by atoms with Crippen LogP contribution in [-0.4, -0.2) is 49.0 Å². The second kappa shape index (κ2) is 4.81. The fourth-order valence-corrected chi connectivity index (χ4v) is 2.14. The number of nitrogen functional groups attached to an aromatic ring is 1. The predicted molar refractivity (Wildman–Crippen MR) is 68.8 cm³/mol. The molecule has 2 aromatic heterocycles. The van der Waals surface area contributed by atoms with Gasteiger partial charge < -0.3 is 15.7 Å². The Labute approximate surface area is 109 Å². The van der Waals surface area contributed by atoms with Gasteiger partial charge in [-0.2, -0.15) is 20.1 Å². The Kier molecular flexibility index (Phi) is 3.00. The van der Waals surface area contributed by atoms with Crippen LogP contribution in [0.25, 0.3) is 5.95 Å². The maximum absolute atomic E-state index is 9.70. The van der Waals surface area contributed by atoms with Crippen molar-refractivity contribution in [1.82, 2.24) is 24.7 Å². The molecule has 1 fully saturated rings. The summed E-state index contributed by atoms with van der Waals surface area (Å²) in [5.41, 5.74) is 5.71. The Bertz CT molecular complexity index is 556. The molecule has 0 amide bonds. The zero-order valence-corrected chi connectivity index (χ0v) is 10.3. The molecule has 8 nitrogen and oxygen atoms in total. The topological polar surface area (TPSA) is 106 Å². The maximum atomic E-state index is 9.70. The highest BCUT2D eigenvalue weighted by molar-refractivity contribution is 5.38. The summed E-state index contributed by atoms with van der Waals surface area (Å²) < 4.78 is 1.53. The van der Waals surface area contributed by atoms with E-state index < -0.39 is 0 Å². The molecule has 3 rings (SSSR count). The van der Waals surface area contributed by atoms with Gasteiger partial charge in [-0.1, -0.05) is 0 Å². The first-order valence-corrected chi connectivity index (χ1v) is 6.17. The lowest BCUT2D eigenvalue weighted by molar-refractivity contribution is 0.153. The normalized spacial score (nSPS) is 19.6. The van der Waals surface area contributed by atoms with Crippen LogP contribution < -0.4 is 10.6 Å². The van der Waals surface area contributed by atoms with Gasteiger partial charge in [0.05, 0.1) is 6.10 Å². The molecule has 1 aliphatic rings. The molecule has 1 unspecified atom stereocenters. The quantitative estimate of drug-likeness (QED) is 0.757. The number of hydrogen-bond acceptors (Lipinski definition) is 7. The number of aliphatic hydroxyl groups is 1. The van der Waals surface area contributed by atoms with Crippen molar-refractivity contribution in [3.63, 3.8) is 0 Å². The van der Waals surface area contributed by atoms with Gasteiger partial charge in [0.1, 0.15) is 0 Å². The lowest BCUT2D eigenvalue weighted by atomic mass is 10.1. The molecule has 0 saturated carbocycles. The third-order valence-electron chi connectivity index (χ3n) is 3.02. The van der Waals surface area contributed by atoms with Crippen molar-refractivity contribution >= 4 is 11.9 Å². The number of rotatable bonds is 2. The Hall–Kier alpha value is -2.22. The number of anilines is 2. The number of hydrogen-bond donors (Lipinski definition) is 2. The van der Waals surface area contributed by atoms with Crippen LogP contribution in [0.3, 0.4) is 0 Å². The minimum atomic E-state index is -0.347. The third-order valence-corrected chi connectivity index (χ3v) is 3.02. The third kappa shape index (κ3) is 2.48. The van der Waals surface area contributed by atoms with Crippen molar-refractivity contribution in [3.05, 3.63) is 18.5 Å². The van der Waals surface area contributed by atoms with Crippen LogP contribution in [0.1, 0.15) is 12.8 Å². The van der Waals surface area contributed by atoms with Crippen molar-refractivity contribution in [2.24, 2.45) is 0 Å². The van der Waals surface area contributed by atoms with Gasteiger partial charge >= 0.3 is 0 Å². The van der Waals surface area contributed by atoms with Crippen LogP contribution in [0.5, 0.6) is 0 Å². The van der Waals surface area contributed by atoms with E-state index in [0.29, 0.717) is 18.4 Å². The first-order chi connectivity index (χ1) is 9.22.